The van der Waals surface area contributed by atoms with E-state index in [1.165, 1.54) is 6.92 Å². The predicted octanol–water partition coefficient (Wildman–Crippen LogP) is -0.732. The van der Waals surface area contributed by atoms with Gasteiger partial charge in [-0.3, -0.25) is 4.79 Å². The zero-order valence-corrected chi connectivity index (χ0v) is 9.30. The molecule has 1 fully saturated rings. The van der Waals surface area contributed by atoms with Gasteiger partial charge in [-0.25, -0.2) is 0 Å². The minimum absolute atomic E-state index is 0.116. The molecule has 88 valence electrons. The first-order valence-electron chi connectivity index (χ1n) is 5.18. The van der Waals surface area contributed by atoms with E-state index in [2.05, 4.69) is 5.32 Å². The van der Waals surface area contributed by atoms with Crippen LogP contribution in [0.3, 0.4) is 0 Å². The first kappa shape index (κ1) is 12.4. The van der Waals surface area contributed by atoms with E-state index in [-0.39, 0.29) is 30.6 Å². The molecule has 0 aromatic carbocycles. The summed E-state index contributed by atoms with van der Waals surface area (Å²) in [6.07, 6.45) is -1.34. The van der Waals surface area contributed by atoms with Crippen molar-refractivity contribution in [3.8, 4) is 0 Å². The lowest BCUT2D eigenvalue weighted by Crippen LogP contribution is -2.60. The number of rotatable bonds is 2. The highest BCUT2D eigenvalue weighted by atomic mass is 16.5. The summed E-state index contributed by atoms with van der Waals surface area (Å²) in [6.45, 7) is 4.86. The maximum absolute atomic E-state index is 10.9. The fourth-order valence-electron chi connectivity index (χ4n) is 1.96. The standard InChI is InChI=1S/C10H19NO4/c1-5-8(4-12)15-6(2)9(10(5)14)11-7(3)13/h5-6,8-10,12,14H,4H2,1-3H3,(H,11,13)/t5?,6-,8?,9+,10+/m0/s1. The normalized spacial score (nSPS) is 41.3. The molecule has 1 rings (SSSR count). The molecule has 5 atom stereocenters. The van der Waals surface area contributed by atoms with Crippen molar-refractivity contribution in [3.63, 3.8) is 0 Å². The Morgan fingerprint density at radius 3 is 2.53 bits per heavy atom. The SMILES string of the molecule is CC(=O)N[C@@H]1[C@H](C)OC(CO)C(C)[C@H]1O. The lowest BCUT2D eigenvalue weighted by molar-refractivity contribution is -0.160. The molecule has 5 nitrogen and oxygen atoms in total. The molecule has 1 heterocycles. The summed E-state index contributed by atoms with van der Waals surface area (Å²) >= 11 is 0. The Balaban J connectivity index is 2.70. The Kier molecular flexibility index (Phi) is 4.07. The molecule has 1 amide bonds. The molecule has 1 aliphatic rings. The number of aliphatic hydroxyl groups excluding tert-OH is 2. The molecule has 15 heavy (non-hydrogen) atoms. The van der Waals surface area contributed by atoms with Crippen molar-refractivity contribution in [1.29, 1.82) is 0 Å². The maximum Gasteiger partial charge on any atom is 0.217 e. The quantitative estimate of drug-likeness (QED) is 0.569. The van der Waals surface area contributed by atoms with Crippen molar-refractivity contribution < 1.29 is 19.7 Å². The summed E-state index contributed by atoms with van der Waals surface area (Å²) in [5.74, 6) is -0.382. The average molecular weight is 217 g/mol. The molecule has 1 saturated heterocycles. The van der Waals surface area contributed by atoms with Crippen molar-refractivity contribution in [2.45, 2.75) is 45.1 Å². The summed E-state index contributed by atoms with van der Waals surface area (Å²) in [5, 5.41) is 21.7. The molecule has 0 spiro atoms. The van der Waals surface area contributed by atoms with Gasteiger partial charge in [0.25, 0.3) is 0 Å². The topological polar surface area (TPSA) is 78.8 Å². The highest BCUT2D eigenvalue weighted by molar-refractivity contribution is 5.73. The molecule has 3 N–H and O–H groups in total. The van der Waals surface area contributed by atoms with Crippen LogP contribution in [0.1, 0.15) is 20.8 Å². The van der Waals surface area contributed by atoms with Gasteiger partial charge in [0.2, 0.25) is 5.91 Å². The van der Waals surface area contributed by atoms with E-state index in [0.717, 1.165) is 0 Å². The van der Waals surface area contributed by atoms with Crippen LogP contribution in [0.4, 0.5) is 0 Å². The van der Waals surface area contributed by atoms with Crippen molar-refractivity contribution in [3.05, 3.63) is 0 Å². The maximum atomic E-state index is 10.9. The van der Waals surface area contributed by atoms with Gasteiger partial charge < -0.3 is 20.3 Å². The van der Waals surface area contributed by atoms with Crippen molar-refractivity contribution in [2.24, 2.45) is 5.92 Å². The van der Waals surface area contributed by atoms with Gasteiger partial charge in [-0.2, -0.15) is 0 Å². The summed E-state index contributed by atoms with van der Waals surface area (Å²) in [7, 11) is 0. The van der Waals surface area contributed by atoms with Crippen LogP contribution >= 0.6 is 0 Å². The minimum atomic E-state index is -0.685. The number of hydrogen-bond acceptors (Lipinski definition) is 4. The third-order valence-electron chi connectivity index (χ3n) is 2.94. The van der Waals surface area contributed by atoms with Crippen molar-refractivity contribution in [1.82, 2.24) is 5.32 Å². The fourth-order valence-corrected chi connectivity index (χ4v) is 1.96. The summed E-state index contributed by atoms with van der Waals surface area (Å²) in [4.78, 5) is 10.9. The van der Waals surface area contributed by atoms with E-state index in [0.29, 0.717) is 0 Å². The molecular formula is C10H19NO4. The number of hydrogen-bond donors (Lipinski definition) is 3. The molecule has 1 aliphatic heterocycles. The molecule has 0 bridgehead atoms. The first-order chi connectivity index (χ1) is 6.97. The zero-order valence-electron chi connectivity index (χ0n) is 9.30. The Morgan fingerprint density at radius 2 is 2.07 bits per heavy atom. The molecule has 2 unspecified atom stereocenters. The molecule has 5 heteroatoms. The lowest BCUT2D eigenvalue weighted by Gasteiger charge is -2.42. The smallest absolute Gasteiger partial charge is 0.217 e. The van der Waals surface area contributed by atoms with Crippen molar-refractivity contribution in [2.75, 3.05) is 6.61 Å². The zero-order chi connectivity index (χ0) is 11.6. The van der Waals surface area contributed by atoms with Crippen LogP contribution in [0, 0.1) is 5.92 Å². The molecular weight excluding hydrogens is 198 g/mol. The van der Waals surface area contributed by atoms with Crippen LogP contribution in [0.2, 0.25) is 0 Å². The Bertz CT molecular complexity index is 233. The van der Waals surface area contributed by atoms with E-state index in [4.69, 9.17) is 9.84 Å². The van der Waals surface area contributed by atoms with Gasteiger partial charge in [-0.1, -0.05) is 6.92 Å². The monoisotopic (exact) mass is 217 g/mol. The van der Waals surface area contributed by atoms with Gasteiger partial charge in [0, 0.05) is 12.8 Å². The van der Waals surface area contributed by atoms with Gasteiger partial charge in [0.05, 0.1) is 31.0 Å². The van der Waals surface area contributed by atoms with Crippen molar-refractivity contribution >= 4 is 5.91 Å². The van der Waals surface area contributed by atoms with E-state index in [1.54, 1.807) is 13.8 Å². The van der Waals surface area contributed by atoms with Gasteiger partial charge >= 0.3 is 0 Å². The number of ether oxygens (including phenoxy) is 1. The Labute approximate surface area is 89.4 Å². The predicted molar refractivity (Wildman–Crippen MR) is 54.2 cm³/mol. The van der Waals surface area contributed by atoms with Gasteiger partial charge in [0.1, 0.15) is 0 Å². The lowest BCUT2D eigenvalue weighted by atomic mass is 9.87. The first-order valence-corrected chi connectivity index (χ1v) is 5.18. The van der Waals surface area contributed by atoms with E-state index >= 15 is 0 Å². The van der Waals surface area contributed by atoms with Crippen LogP contribution in [-0.4, -0.2) is 47.1 Å². The summed E-state index contributed by atoms with van der Waals surface area (Å²) in [6, 6.07) is -0.403. The molecule has 0 aromatic heterocycles. The second-order valence-corrected chi connectivity index (χ2v) is 4.14. The number of carbonyl (C=O) groups excluding carboxylic acids is 1. The Hall–Kier alpha value is -0.650. The van der Waals surface area contributed by atoms with E-state index < -0.39 is 12.1 Å². The van der Waals surface area contributed by atoms with Crippen LogP contribution in [-0.2, 0) is 9.53 Å². The second kappa shape index (κ2) is 4.92. The van der Waals surface area contributed by atoms with Gasteiger partial charge in [-0.05, 0) is 6.92 Å². The van der Waals surface area contributed by atoms with E-state index in [9.17, 15) is 9.90 Å². The molecule has 0 aliphatic carbocycles. The molecule has 0 saturated carbocycles. The summed E-state index contributed by atoms with van der Waals surface area (Å²) < 4.78 is 5.51. The largest absolute Gasteiger partial charge is 0.394 e. The number of nitrogens with one attached hydrogen (secondary N) is 1. The highest BCUT2D eigenvalue weighted by Crippen LogP contribution is 2.25. The third kappa shape index (κ3) is 2.68. The number of amides is 1. The number of aliphatic hydroxyl groups is 2. The molecule has 0 radical (unpaired) electrons. The van der Waals surface area contributed by atoms with E-state index in [1.807, 2.05) is 0 Å². The van der Waals surface area contributed by atoms with Gasteiger partial charge in [-0.15, -0.1) is 0 Å². The second-order valence-electron chi connectivity index (χ2n) is 4.14. The van der Waals surface area contributed by atoms with Crippen LogP contribution in [0.5, 0.6) is 0 Å². The minimum Gasteiger partial charge on any atom is -0.394 e. The Morgan fingerprint density at radius 1 is 1.47 bits per heavy atom. The van der Waals surface area contributed by atoms with Crippen LogP contribution in [0.15, 0.2) is 0 Å². The van der Waals surface area contributed by atoms with Crippen LogP contribution < -0.4 is 5.32 Å². The highest BCUT2D eigenvalue weighted by Gasteiger charge is 2.40. The fraction of sp³-hybridized carbons (Fsp3) is 0.900. The number of carbonyl (C=O) groups is 1. The third-order valence-corrected chi connectivity index (χ3v) is 2.94. The summed E-state index contributed by atoms with van der Waals surface area (Å²) in [5.41, 5.74) is 0. The average Bonchev–Trinajstić information content (AvgIpc) is 2.18. The molecule has 0 aromatic rings. The van der Waals surface area contributed by atoms with Gasteiger partial charge in [0.15, 0.2) is 0 Å². The van der Waals surface area contributed by atoms with Crippen LogP contribution in [0.25, 0.3) is 0 Å².